The molecule has 1 aromatic rings. The van der Waals surface area contributed by atoms with Gasteiger partial charge < -0.3 is 5.11 Å². The van der Waals surface area contributed by atoms with Crippen LogP contribution < -0.4 is 0 Å². The molecule has 1 rings (SSSR count). The normalized spacial score (nSPS) is 15.7. The lowest BCUT2D eigenvalue weighted by Gasteiger charge is -1.99. The van der Waals surface area contributed by atoms with Crippen molar-refractivity contribution in [2.75, 3.05) is 6.26 Å². The summed E-state index contributed by atoms with van der Waals surface area (Å²) in [4.78, 5) is 0.359. The summed E-state index contributed by atoms with van der Waals surface area (Å²) < 4.78 is 18.3. The van der Waals surface area contributed by atoms with E-state index >= 15 is 0 Å². The van der Waals surface area contributed by atoms with Crippen LogP contribution in [0.25, 0.3) is 0 Å². The van der Waals surface area contributed by atoms with Gasteiger partial charge in [0, 0.05) is 6.26 Å². The molecule has 60 valence electrons. The van der Waals surface area contributed by atoms with Gasteiger partial charge >= 0.3 is 0 Å². The van der Waals surface area contributed by atoms with E-state index in [1.165, 1.54) is 18.4 Å². The molecule has 0 amide bonds. The van der Waals surface area contributed by atoms with Gasteiger partial charge in [0.05, 0.1) is 14.6 Å². The van der Waals surface area contributed by atoms with Gasteiger partial charge in [0.1, 0.15) is 5.75 Å². The Kier molecular flexibility index (Phi) is 1.87. The Bertz CT molecular complexity index is 356. The first-order valence-electron chi connectivity index (χ1n) is 3.03. The Balaban J connectivity index is 3.28. The minimum absolute atomic E-state index is 0.0457. The Morgan fingerprint density at radius 1 is 1.55 bits per heavy atom. The first-order valence-corrected chi connectivity index (χ1v) is 4.99. The highest BCUT2D eigenvalue weighted by atomic mass is 32.2. The van der Waals surface area contributed by atoms with E-state index in [1.807, 2.05) is 0 Å². The number of hydrogen-bond acceptors (Lipinski definition) is 3. The average Bonchev–Trinajstić information content (AvgIpc) is 1.86. The molecular weight excluding hydrogens is 162 g/mol. The van der Waals surface area contributed by atoms with Crippen molar-refractivity contribution in [2.24, 2.45) is 0 Å². The molecule has 0 saturated heterocycles. The number of phenols is 1. The second kappa shape index (κ2) is 2.54. The van der Waals surface area contributed by atoms with E-state index in [1.54, 1.807) is 12.1 Å². The van der Waals surface area contributed by atoms with Gasteiger partial charge in [-0.05, 0) is 18.2 Å². The Hall–Kier alpha value is -1.03. The van der Waals surface area contributed by atoms with Crippen molar-refractivity contribution in [1.29, 1.82) is 4.78 Å². The maximum Gasteiger partial charge on any atom is 0.116 e. The zero-order valence-corrected chi connectivity index (χ0v) is 6.89. The summed E-state index contributed by atoms with van der Waals surface area (Å²) in [5.41, 5.74) is 0. The standard InChI is InChI=1S/C7H9NO2S/c1-11(8,10)7-4-2-3-6(9)5-7/h2-5,8-9H,1H3. The minimum atomic E-state index is -2.69. The zero-order chi connectivity index (χ0) is 8.48. The van der Waals surface area contributed by atoms with Crippen LogP contribution in [0.15, 0.2) is 29.2 Å². The molecule has 1 unspecified atom stereocenters. The molecule has 0 heterocycles. The van der Waals surface area contributed by atoms with Crippen molar-refractivity contribution < 1.29 is 9.32 Å². The van der Waals surface area contributed by atoms with Crippen LogP contribution in [0, 0.1) is 4.78 Å². The van der Waals surface area contributed by atoms with Crippen molar-refractivity contribution >= 4 is 9.73 Å². The summed E-state index contributed by atoms with van der Waals surface area (Å²) >= 11 is 0. The van der Waals surface area contributed by atoms with Crippen molar-refractivity contribution in [3.63, 3.8) is 0 Å². The van der Waals surface area contributed by atoms with Crippen molar-refractivity contribution in [3.05, 3.63) is 24.3 Å². The molecule has 11 heavy (non-hydrogen) atoms. The maximum absolute atomic E-state index is 11.1. The van der Waals surface area contributed by atoms with Crippen LogP contribution in [0.2, 0.25) is 0 Å². The van der Waals surface area contributed by atoms with E-state index in [0.29, 0.717) is 4.90 Å². The molecule has 0 fully saturated rings. The summed E-state index contributed by atoms with van der Waals surface area (Å²) in [5.74, 6) is 0.0457. The highest BCUT2D eigenvalue weighted by molar-refractivity contribution is 7.91. The van der Waals surface area contributed by atoms with Crippen LogP contribution >= 0.6 is 0 Å². The Labute approximate surface area is 65.7 Å². The van der Waals surface area contributed by atoms with Crippen molar-refractivity contribution in [3.8, 4) is 5.75 Å². The first-order chi connectivity index (χ1) is 5.00. The predicted molar refractivity (Wildman–Crippen MR) is 43.2 cm³/mol. The Morgan fingerprint density at radius 2 is 2.18 bits per heavy atom. The van der Waals surface area contributed by atoms with Crippen LogP contribution in [0.4, 0.5) is 0 Å². The van der Waals surface area contributed by atoms with E-state index in [2.05, 4.69) is 0 Å². The van der Waals surface area contributed by atoms with Gasteiger partial charge in [-0.1, -0.05) is 6.07 Å². The Morgan fingerprint density at radius 3 is 2.55 bits per heavy atom. The van der Waals surface area contributed by atoms with Crippen LogP contribution in [0.5, 0.6) is 5.75 Å². The molecule has 0 spiro atoms. The second-order valence-electron chi connectivity index (χ2n) is 2.34. The van der Waals surface area contributed by atoms with E-state index in [9.17, 15) is 4.21 Å². The molecule has 0 radical (unpaired) electrons. The smallest absolute Gasteiger partial charge is 0.116 e. The molecular formula is C7H9NO2S. The summed E-state index contributed by atoms with van der Waals surface area (Å²) in [6.07, 6.45) is 1.32. The van der Waals surface area contributed by atoms with Crippen LogP contribution in [-0.2, 0) is 9.73 Å². The first kappa shape index (κ1) is 8.07. The predicted octanol–water partition coefficient (Wildman–Crippen LogP) is 1.43. The average molecular weight is 171 g/mol. The van der Waals surface area contributed by atoms with Gasteiger partial charge in [-0.25, -0.2) is 8.99 Å². The van der Waals surface area contributed by atoms with Gasteiger partial charge in [0.2, 0.25) is 0 Å². The third-order valence-corrected chi connectivity index (χ3v) is 2.42. The molecule has 0 aromatic heterocycles. The zero-order valence-electron chi connectivity index (χ0n) is 6.07. The second-order valence-corrected chi connectivity index (χ2v) is 4.50. The molecule has 0 aliphatic carbocycles. The van der Waals surface area contributed by atoms with E-state index in [-0.39, 0.29) is 5.75 Å². The molecule has 0 aliphatic rings. The number of hydrogen-bond donors (Lipinski definition) is 2. The summed E-state index contributed by atoms with van der Waals surface area (Å²) in [5, 5.41) is 8.97. The molecule has 3 nitrogen and oxygen atoms in total. The van der Waals surface area contributed by atoms with Crippen molar-refractivity contribution in [1.82, 2.24) is 0 Å². The topological polar surface area (TPSA) is 61.2 Å². The minimum Gasteiger partial charge on any atom is -0.508 e. The molecule has 1 aromatic carbocycles. The highest BCUT2D eigenvalue weighted by Gasteiger charge is 2.01. The fourth-order valence-electron chi connectivity index (χ4n) is 0.726. The third-order valence-electron chi connectivity index (χ3n) is 1.27. The molecule has 0 aliphatic heterocycles. The lowest BCUT2D eigenvalue weighted by molar-refractivity contribution is 0.473. The number of rotatable bonds is 1. The van der Waals surface area contributed by atoms with Gasteiger partial charge in [0.25, 0.3) is 0 Å². The van der Waals surface area contributed by atoms with Gasteiger partial charge in [-0.3, -0.25) is 0 Å². The molecule has 4 heteroatoms. The lowest BCUT2D eigenvalue weighted by Crippen LogP contribution is -1.93. The van der Waals surface area contributed by atoms with Crippen molar-refractivity contribution in [2.45, 2.75) is 4.90 Å². The van der Waals surface area contributed by atoms with Gasteiger partial charge in [0.15, 0.2) is 0 Å². The van der Waals surface area contributed by atoms with Crippen LogP contribution in [-0.4, -0.2) is 15.6 Å². The summed E-state index contributed by atoms with van der Waals surface area (Å²) in [7, 11) is -2.69. The third kappa shape index (κ3) is 1.94. The maximum atomic E-state index is 11.1. The van der Waals surface area contributed by atoms with E-state index in [4.69, 9.17) is 9.89 Å². The molecule has 0 bridgehead atoms. The fraction of sp³-hybridized carbons (Fsp3) is 0.143. The molecule has 1 atom stereocenters. The molecule has 2 N–H and O–H groups in total. The van der Waals surface area contributed by atoms with Gasteiger partial charge in [-0.15, -0.1) is 0 Å². The monoisotopic (exact) mass is 171 g/mol. The number of phenolic OH excluding ortho intramolecular Hbond substituents is 1. The summed E-state index contributed by atoms with van der Waals surface area (Å²) in [6.45, 7) is 0. The SMILES string of the molecule is CS(=N)(=O)c1cccc(O)c1. The lowest BCUT2D eigenvalue weighted by atomic mass is 10.3. The highest BCUT2D eigenvalue weighted by Crippen LogP contribution is 2.15. The largest absolute Gasteiger partial charge is 0.508 e. The quantitative estimate of drug-likeness (QED) is 0.671. The van der Waals surface area contributed by atoms with Crippen LogP contribution in [0.1, 0.15) is 0 Å². The number of aromatic hydroxyl groups is 1. The van der Waals surface area contributed by atoms with Crippen LogP contribution in [0.3, 0.4) is 0 Å². The molecule has 0 saturated carbocycles. The number of benzene rings is 1. The fourth-order valence-corrected chi connectivity index (χ4v) is 1.41. The van der Waals surface area contributed by atoms with Gasteiger partial charge in [-0.2, -0.15) is 0 Å². The van der Waals surface area contributed by atoms with E-state index < -0.39 is 9.73 Å². The van der Waals surface area contributed by atoms with E-state index in [0.717, 1.165) is 0 Å². The number of nitrogens with one attached hydrogen (secondary N) is 1. The summed E-state index contributed by atoms with van der Waals surface area (Å²) in [6, 6.07) is 5.96.